The molecule has 2 fully saturated rings. The van der Waals surface area contributed by atoms with Crippen molar-refractivity contribution in [1.82, 2.24) is 9.97 Å². The SMILES string of the molecule is O=Cc1ccc2c(c1)N(c1ncc(-c3cc(C4CC4)ccc3F)cn1)CC21COC1. The lowest BCUT2D eigenvalue weighted by atomic mass is 9.80. The van der Waals surface area contributed by atoms with Crippen LogP contribution in [0.5, 0.6) is 0 Å². The molecule has 2 aliphatic heterocycles. The number of nitrogens with zero attached hydrogens (tertiary/aromatic N) is 3. The number of benzene rings is 2. The Kier molecular flexibility index (Phi) is 3.80. The van der Waals surface area contributed by atoms with Gasteiger partial charge in [-0.15, -0.1) is 0 Å². The molecular weight excluding hydrogens is 381 g/mol. The zero-order valence-electron chi connectivity index (χ0n) is 16.3. The molecule has 6 heteroatoms. The molecule has 0 atom stereocenters. The van der Waals surface area contributed by atoms with Crippen LogP contribution in [0.2, 0.25) is 0 Å². The summed E-state index contributed by atoms with van der Waals surface area (Å²) in [5.41, 5.74) is 5.03. The van der Waals surface area contributed by atoms with Crippen LogP contribution in [0.1, 0.15) is 40.2 Å². The van der Waals surface area contributed by atoms with Crippen molar-refractivity contribution >= 4 is 17.9 Å². The van der Waals surface area contributed by atoms with Crippen molar-refractivity contribution in [2.24, 2.45) is 0 Å². The number of rotatable bonds is 4. The number of halogens is 1. The summed E-state index contributed by atoms with van der Waals surface area (Å²) in [5.74, 6) is 0.840. The molecule has 1 aliphatic carbocycles. The second-order valence-electron chi connectivity index (χ2n) is 8.54. The van der Waals surface area contributed by atoms with Crippen LogP contribution in [0.15, 0.2) is 48.8 Å². The molecule has 0 N–H and O–H groups in total. The first-order chi connectivity index (χ1) is 14.7. The summed E-state index contributed by atoms with van der Waals surface area (Å²) in [4.78, 5) is 22.5. The van der Waals surface area contributed by atoms with E-state index in [0.29, 0.717) is 48.3 Å². The highest BCUT2D eigenvalue weighted by Crippen LogP contribution is 2.48. The van der Waals surface area contributed by atoms with Crippen molar-refractivity contribution in [3.63, 3.8) is 0 Å². The smallest absolute Gasteiger partial charge is 0.229 e. The molecule has 0 radical (unpaired) electrons. The van der Waals surface area contributed by atoms with E-state index in [4.69, 9.17) is 4.74 Å². The predicted octanol–water partition coefficient (Wildman–Crippen LogP) is 4.39. The van der Waals surface area contributed by atoms with Gasteiger partial charge in [-0.3, -0.25) is 4.79 Å². The van der Waals surface area contributed by atoms with Crippen LogP contribution in [0.3, 0.4) is 0 Å². The van der Waals surface area contributed by atoms with E-state index in [9.17, 15) is 9.18 Å². The van der Waals surface area contributed by atoms with E-state index in [1.807, 2.05) is 35.2 Å². The van der Waals surface area contributed by atoms with Crippen molar-refractivity contribution in [1.29, 1.82) is 0 Å². The van der Waals surface area contributed by atoms with Gasteiger partial charge in [0.2, 0.25) is 5.95 Å². The normalized spacial score (nSPS) is 18.9. The molecule has 0 amide bonds. The number of carbonyl (C=O) groups excluding carboxylic acids is 1. The quantitative estimate of drug-likeness (QED) is 0.607. The zero-order chi connectivity index (χ0) is 20.3. The number of anilines is 2. The van der Waals surface area contributed by atoms with E-state index in [2.05, 4.69) is 9.97 Å². The summed E-state index contributed by atoms with van der Waals surface area (Å²) in [7, 11) is 0. The molecule has 5 nitrogen and oxygen atoms in total. The van der Waals surface area contributed by atoms with Crippen molar-refractivity contribution in [2.75, 3.05) is 24.7 Å². The molecule has 2 aromatic carbocycles. The number of aldehydes is 1. The molecular formula is C24H20FN3O2. The van der Waals surface area contributed by atoms with Gasteiger partial charge in [-0.1, -0.05) is 18.2 Å². The minimum absolute atomic E-state index is 0.0799. The number of carbonyl (C=O) groups is 1. The summed E-state index contributed by atoms with van der Waals surface area (Å²) >= 11 is 0. The molecule has 0 unspecified atom stereocenters. The van der Waals surface area contributed by atoms with Crippen LogP contribution in [-0.2, 0) is 10.2 Å². The lowest BCUT2D eigenvalue weighted by molar-refractivity contribution is -0.0507. The maximum Gasteiger partial charge on any atom is 0.229 e. The molecule has 3 heterocycles. The van der Waals surface area contributed by atoms with Gasteiger partial charge in [0.25, 0.3) is 0 Å². The lowest BCUT2D eigenvalue weighted by Crippen LogP contribution is -2.49. The number of fused-ring (bicyclic) bond motifs is 2. The first-order valence-electron chi connectivity index (χ1n) is 10.2. The topological polar surface area (TPSA) is 55.3 Å². The summed E-state index contributed by atoms with van der Waals surface area (Å²) in [6.45, 7) is 2.00. The Hall–Kier alpha value is -3.12. The van der Waals surface area contributed by atoms with Crippen molar-refractivity contribution in [3.8, 4) is 11.1 Å². The minimum Gasteiger partial charge on any atom is -0.379 e. The largest absolute Gasteiger partial charge is 0.379 e. The van der Waals surface area contributed by atoms with E-state index >= 15 is 0 Å². The monoisotopic (exact) mass is 401 g/mol. The molecule has 1 saturated carbocycles. The predicted molar refractivity (Wildman–Crippen MR) is 111 cm³/mol. The summed E-state index contributed by atoms with van der Waals surface area (Å²) < 4.78 is 20.0. The fourth-order valence-corrected chi connectivity index (χ4v) is 4.57. The number of hydrogen-bond donors (Lipinski definition) is 0. The average molecular weight is 401 g/mol. The maximum absolute atomic E-state index is 14.5. The Bertz CT molecular complexity index is 1150. The molecule has 1 aromatic heterocycles. The number of ether oxygens (including phenoxy) is 1. The van der Waals surface area contributed by atoms with Gasteiger partial charge >= 0.3 is 0 Å². The van der Waals surface area contributed by atoms with Crippen LogP contribution >= 0.6 is 0 Å². The lowest BCUT2D eigenvalue weighted by Gasteiger charge is -2.38. The van der Waals surface area contributed by atoms with E-state index in [1.54, 1.807) is 12.4 Å². The first-order valence-corrected chi connectivity index (χ1v) is 10.2. The highest BCUT2D eigenvalue weighted by Gasteiger charge is 2.49. The minimum atomic E-state index is -0.261. The third-order valence-electron chi connectivity index (χ3n) is 6.47. The number of aromatic nitrogens is 2. The zero-order valence-corrected chi connectivity index (χ0v) is 16.3. The number of hydrogen-bond acceptors (Lipinski definition) is 5. The molecule has 3 aliphatic rings. The Labute approximate surface area is 173 Å². The van der Waals surface area contributed by atoms with Gasteiger partial charge in [0.1, 0.15) is 12.1 Å². The molecule has 1 spiro atoms. The van der Waals surface area contributed by atoms with E-state index < -0.39 is 0 Å². The maximum atomic E-state index is 14.5. The van der Waals surface area contributed by atoms with Gasteiger partial charge in [0.05, 0.1) is 18.6 Å². The van der Waals surface area contributed by atoms with E-state index in [-0.39, 0.29) is 11.2 Å². The fourth-order valence-electron chi connectivity index (χ4n) is 4.57. The Morgan fingerprint density at radius 2 is 1.90 bits per heavy atom. The third-order valence-corrected chi connectivity index (χ3v) is 6.47. The van der Waals surface area contributed by atoms with Crippen molar-refractivity contribution in [2.45, 2.75) is 24.2 Å². The second-order valence-corrected chi connectivity index (χ2v) is 8.54. The van der Waals surface area contributed by atoms with Crippen LogP contribution in [-0.4, -0.2) is 36.0 Å². The third kappa shape index (κ3) is 2.67. The summed E-state index contributed by atoms with van der Waals surface area (Å²) in [6, 6.07) is 11.1. The van der Waals surface area contributed by atoms with Crippen LogP contribution in [0.4, 0.5) is 16.0 Å². The summed E-state index contributed by atoms with van der Waals surface area (Å²) in [6.07, 6.45) is 6.55. The van der Waals surface area contributed by atoms with Gasteiger partial charge in [0, 0.05) is 41.3 Å². The molecule has 30 heavy (non-hydrogen) atoms. The standard InChI is InChI=1S/C24H20FN3O2/c25-21-6-4-17(16-2-3-16)8-19(21)18-9-26-23(27-10-18)28-12-24(13-30-14-24)20-5-1-15(11-29)7-22(20)28/h1,4-11,16H,2-3,12-14H2. The van der Waals surface area contributed by atoms with Crippen molar-refractivity contribution < 1.29 is 13.9 Å². The van der Waals surface area contributed by atoms with Gasteiger partial charge in [-0.2, -0.15) is 0 Å². The fraction of sp³-hybridized carbons (Fsp3) is 0.292. The highest BCUT2D eigenvalue weighted by atomic mass is 19.1. The Morgan fingerprint density at radius 3 is 2.57 bits per heavy atom. The van der Waals surface area contributed by atoms with Gasteiger partial charge in [-0.25, -0.2) is 14.4 Å². The molecule has 1 saturated heterocycles. The van der Waals surface area contributed by atoms with Crippen LogP contribution in [0, 0.1) is 5.82 Å². The molecule has 0 bridgehead atoms. The summed E-state index contributed by atoms with van der Waals surface area (Å²) in [5, 5.41) is 0. The van der Waals surface area contributed by atoms with Crippen LogP contribution < -0.4 is 4.90 Å². The molecule has 6 rings (SSSR count). The van der Waals surface area contributed by atoms with Crippen LogP contribution in [0.25, 0.3) is 11.1 Å². The molecule has 3 aromatic rings. The first kappa shape index (κ1) is 17.7. The van der Waals surface area contributed by atoms with Gasteiger partial charge in [0.15, 0.2) is 0 Å². The Morgan fingerprint density at radius 1 is 1.10 bits per heavy atom. The van der Waals surface area contributed by atoms with E-state index in [1.165, 1.54) is 24.5 Å². The highest BCUT2D eigenvalue weighted by molar-refractivity contribution is 5.81. The van der Waals surface area contributed by atoms with Gasteiger partial charge in [-0.05, 0) is 48.1 Å². The Balaban J connectivity index is 1.36. The average Bonchev–Trinajstić information content (AvgIpc) is 3.54. The second kappa shape index (κ2) is 6.44. The van der Waals surface area contributed by atoms with Gasteiger partial charge < -0.3 is 9.64 Å². The van der Waals surface area contributed by atoms with E-state index in [0.717, 1.165) is 17.5 Å². The van der Waals surface area contributed by atoms with Crippen molar-refractivity contribution in [3.05, 3.63) is 71.3 Å². The molecule has 150 valence electrons.